The van der Waals surface area contributed by atoms with E-state index >= 15 is 0 Å². The van der Waals surface area contributed by atoms with Crippen LogP contribution in [-0.2, 0) is 14.8 Å². The Morgan fingerprint density at radius 1 is 1.50 bits per heavy atom. The van der Waals surface area contributed by atoms with Gasteiger partial charge >= 0.3 is 5.97 Å². The highest BCUT2D eigenvalue weighted by Crippen LogP contribution is 2.20. The fourth-order valence-electron chi connectivity index (χ4n) is 1.32. The Labute approximate surface area is 111 Å². The molecule has 1 rings (SSSR count). The second-order valence-electron chi connectivity index (χ2n) is 4.41. The molecular formula is C11H17NO4S2. The number of sulfonamides is 1. The van der Waals surface area contributed by atoms with Crippen molar-refractivity contribution in [2.45, 2.75) is 26.3 Å². The fraction of sp³-hybridized carbons (Fsp3) is 0.545. The van der Waals surface area contributed by atoms with Gasteiger partial charge < -0.3 is 5.11 Å². The summed E-state index contributed by atoms with van der Waals surface area (Å²) in [6.07, 6.45) is 0.506. The van der Waals surface area contributed by atoms with Crippen LogP contribution >= 0.6 is 11.3 Å². The van der Waals surface area contributed by atoms with Crippen LogP contribution in [0.3, 0.4) is 0 Å². The number of hydrogen-bond acceptors (Lipinski definition) is 4. The zero-order valence-electron chi connectivity index (χ0n) is 10.3. The third-order valence-electron chi connectivity index (χ3n) is 2.34. The van der Waals surface area contributed by atoms with Gasteiger partial charge in [-0.1, -0.05) is 19.9 Å². The molecule has 1 aromatic heterocycles. The quantitative estimate of drug-likeness (QED) is 0.803. The molecule has 1 heterocycles. The molecule has 0 aromatic carbocycles. The largest absolute Gasteiger partial charge is 0.480 e. The van der Waals surface area contributed by atoms with Gasteiger partial charge in [0.15, 0.2) is 6.04 Å². The number of carbonyl (C=O) groups is 1. The van der Waals surface area contributed by atoms with Crippen LogP contribution in [0, 0.1) is 5.92 Å². The van der Waals surface area contributed by atoms with Gasteiger partial charge in [0.25, 0.3) is 0 Å². The summed E-state index contributed by atoms with van der Waals surface area (Å²) < 4.78 is 25.8. The second kappa shape index (κ2) is 6.31. The molecule has 1 unspecified atom stereocenters. The van der Waals surface area contributed by atoms with Crippen molar-refractivity contribution in [3.8, 4) is 0 Å². The van der Waals surface area contributed by atoms with Crippen LogP contribution in [0.4, 0.5) is 0 Å². The number of hydrogen-bond donors (Lipinski definition) is 2. The lowest BCUT2D eigenvalue weighted by molar-refractivity contribution is -0.139. The van der Waals surface area contributed by atoms with Crippen LogP contribution in [0.25, 0.3) is 0 Å². The molecule has 0 spiro atoms. The lowest BCUT2D eigenvalue weighted by Crippen LogP contribution is -2.35. The Hall–Kier alpha value is -0.920. The summed E-state index contributed by atoms with van der Waals surface area (Å²) >= 11 is 1.22. The van der Waals surface area contributed by atoms with Crippen molar-refractivity contribution in [2.75, 3.05) is 5.75 Å². The van der Waals surface area contributed by atoms with Gasteiger partial charge in [0.05, 0.1) is 5.75 Å². The van der Waals surface area contributed by atoms with Crippen LogP contribution in [-0.4, -0.2) is 25.2 Å². The van der Waals surface area contributed by atoms with Crippen LogP contribution in [0.15, 0.2) is 17.5 Å². The maximum Gasteiger partial charge on any atom is 0.327 e. The van der Waals surface area contributed by atoms with E-state index in [1.807, 2.05) is 13.8 Å². The normalized spacial score (nSPS) is 13.7. The first-order chi connectivity index (χ1) is 8.32. The Bertz CT molecular complexity index is 479. The number of aliphatic carboxylic acids is 1. The molecule has 1 aromatic rings. The summed E-state index contributed by atoms with van der Waals surface area (Å²) in [6, 6.07) is 2.11. The van der Waals surface area contributed by atoms with E-state index in [1.165, 1.54) is 11.3 Å². The van der Waals surface area contributed by atoms with Gasteiger partial charge in [-0.15, -0.1) is 11.3 Å². The van der Waals surface area contributed by atoms with Gasteiger partial charge in [0.2, 0.25) is 10.0 Å². The highest BCUT2D eigenvalue weighted by atomic mass is 32.2. The number of carboxylic acid groups (broad SMARTS) is 1. The van der Waals surface area contributed by atoms with Crippen LogP contribution in [0.2, 0.25) is 0 Å². The molecule has 0 aliphatic carbocycles. The molecule has 5 nitrogen and oxygen atoms in total. The molecule has 0 bridgehead atoms. The van der Waals surface area contributed by atoms with Crippen molar-refractivity contribution in [1.29, 1.82) is 0 Å². The maximum atomic E-state index is 11.8. The van der Waals surface area contributed by atoms with Crippen molar-refractivity contribution < 1.29 is 18.3 Å². The molecule has 0 fully saturated rings. The molecule has 7 heteroatoms. The van der Waals surface area contributed by atoms with Gasteiger partial charge in [-0.05, 0) is 23.8 Å². The summed E-state index contributed by atoms with van der Waals surface area (Å²) in [7, 11) is -3.57. The molecule has 0 radical (unpaired) electrons. The number of carboxylic acids is 1. The average molecular weight is 291 g/mol. The Morgan fingerprint density at radius 3 is 2.61 bits per heavy atom. The molecule has 0 saturated carbocycles. The average Bonchev–Trinajstić information content (AvgIpc) is 2.76. The Balaban J connectivity index is 2.76. The second-order valence-corrected chi connectivity index (χ2v) is 7.26. The molecule has 2 N–H and O–H groups in total. The summed E-state index contributed by atoms with van der Waals surface area (Å²) in [6.45, 7) is 3.84. The van der Waals surface area contributed by atoms with Gasteiger partial charge in [-0.25, -0.2) is 8.42 Å². The molecule has 0 saturated heterocycles. The van der Waals surface area contributed by atoms with Crippen LogP contribution in [0.1, 0.15) is 31.2 Å². The van der Waals surface area contributed by atoms with Gasteiger partial charge in [-0.3, -0.25) is 4.79 Å². The maximum absolute atomic E-state index is 11.8. The van der Waals surface area contributed by atoms with Gasteiger partial charge in [0, 0.05) is 4.88 Å². The molecule has 0 aliphatic heterocycles. The third-order valence-corrected chi connectivity index (χ3v) is 4.64. The van der Waals surface area contributed by atoms with Gasteiger partial charge in [0.1, 0.15) is 0 Å². The van der Waals surface area contributed by atoms with Crippen molar-refractivity contribution >= 4 is 27.3 Å². The first-order valence-corrected chi connectivity index (χ1v) is 8.11. The molecule has 18 heavy (non-hydrogen) atoms. The van der Waals surface area contributed by atoms with E-state index in [0.717, 1.165) is 0 Å². The van der Waals surface area contributed by atoms with E-state index in [9.17, 15) is 13.2 Å². The Morgan fingerprint density at radius 2 is 2.17 bits per heavy atom. The molecular weight excluding hydrogens is 274 g/mol. The number of nitrogens with one attached hydrogen (secondary N) is 1. The van der Waals surface area contributed by atoms with Gasteiger partial charge in [-0.2, -0.15) is 4.72 Å². The first-order valence-electron chi connectivity index (χ1n) is 5.58. The van der Waals surface area contributed by atoms with Crippen molar-refractivity contribution in [3.05, 3.63) is 22.4 Å². The molecule has 0 aliphatic rings. The zero-order valence-corrected chi connectivity index (χ0v) is 11.9. The number of thiophene rings is 1. The third kappa shape index (κ3) is 4.75. The SMILES string of the molecule is CC(C)CCS(=O)(=O)NC(C(=O)O)c1cccs1. The molecule has 102 valence electrons. The van der Waals surface area contributed by atoms with Crippen molar-refractivity contribution in [3.63, 3.8) is 0 Å². The minimum Gasteiger partial charge on any atom is -0.480 e. The lowest BCUT2D eigenvalue weighted by atomic mass is 10.2. The molecule has 1 atom stereocenters. The summed E-state index contributed by atoms with van der Waals surface area (Å²) in [4.78, 5) is 11.6. The van der Waals surface area contributed by atoms with E-state index in [-0.39, 0.29) is 11.7 Å². The van der Waals surface area contributed by atoms with Crippen LogP contribution < -0.4 is 4.72 Å². The lowest BCUT2D eigenvalue weighted by Gasteiger charge is -2.14. The summed E-state index contributed by atoms with van der Waals surface area (Å²) in [5.74, 6) is -0.989. The fourth-order valence-corrected chi connectivity index (χ4v) is 3.64. The molecule has 0 amide bonds. The monoisotopic (exact) mass is 291 g/mol. The first kappa shape index (κ1) is 15.1. The topological polar surface area (TPSA) is 83.5 Å². The summed E-state index contributed by atoms with van der Waals surface area (Å²) in [5, 5.41) is 10.8. The minimum absolute atomic E-state index is 0.0557. The van der Waals surface area contributed by atoms with Crippen molar-refractivity contribution in [2.24, 2.45) is 5.92 Å². The summed E-state index contributed by atoms with van der Waals surface area (Å²) in [5.41, 5.74) is 0. The van der Waals surface area contributed by atoms with E-state index in [1.54, 1.807) is 17.5 Å². The van der Waals surface area contributed by atoms with Crippen molar-refractivity contribution in [1.82, 2.24) is 4.72 Å². The minimum atomic E-state index is -3.57. The van der Waals surface area contributed by atoms with E-state index in [0.29, 0.717) is 11.3 Å². The van der Waals surface area contributed by atoms with E-state index in [2.05, 4.69) is 4.72 Å². The zero-order chi connectivity index (χ0) is 13.8. The standard InChI is InChI=1S/C11H17NO4S2/c1-8(2)5-7-18(15,16)12-10(11(13)14)9-4-3-6-17-9/h3-4,6,8,10,12H,5,7H2,1-2H3,(H,13,14). The smallest absolute Gasteiger partial charge is 0.327 e. The van der Waals surface area contributed by atoms with E-state index < -0.39 is 22.0 Å². The highest BCUT2D eigenvalue weighted by Gasteiger charge is 2.26. The number of rotatable bonds is 7. The Kier molecular flexibility index (Phi) is 5.30. The highest BCUT2D eigenvalue weighted by molar-refractivity contribution is 7.89. The van der Waals surface area contributed by atoms with Crippen LogP contribution in [0.5, 0.6) is 0 Å². The van der Waals surface area contributed by atoms with E-state index in [4.69, 9.17) is 5.11 Å². The predicted octanol–water partition coefficient (Wildman–Crippen LogP) is 1.84. The predicted molar refractivity (Wildman–Crippen MR) is 71.1 cm³/mol.